The maximum atomic E-state index is 11.7. The van der Waals surface area contributed by atoms with E-state index in [0.717, 1.165) is 29.8 Å². The standard InChI is InChI=1S/C14H18N2O/c1-2-3-6-9-15-10-12-11-7-4-5-8-13(11)16-14(12)17/h4-5,7-8,10,15H,2-3,6,9H2,1H3,(H,16,17). The van der Waals surface area contributed by atoms with Gasteiger partial charge in [0.2, 0.25) is 0 Å². The lowest BCUT2D eigenvalue weighted by atomic mass is 10.1. The fourth-order valence-electron chi connectivity index (χ4n) is 1.93. The van der Waals surface area contributed by atoms with Gasteiger partial charge in [-0.05, 0) is 12.5 Å². The molecular formula is C14H18N2O. The molecule has 0 bridgehead atoms. The zero-order valence-corrected chi connectivity index (χ0v) is 10.1. The van der Waals surface area contributed by atoms with Crippen molar-refractivity contribution in [1.82, 2.24) is 5.32 Å². The number of nitrogens with one attached hydrogen (secondary N) is 2. The van der Waals surface area contributed by atoms with E-state index in [1.807, 2.05) is 30.5 Å². The number of fused-ring (bicyclic) bond motifs is 1. The predicted molar refractivity (Wildman–Crippen MR) is 70.6 cm³/mol. The van der Waals surface area contributed by atoms with Crippen molar-refractivity contribution in [2.75, 3.05) is 11.9 Å². The minimum atomic E-state index is -0.0193. The van der Waals surface area contributed by atoms with Crippen molar-refractivity contribution in [1.29, 1.82) is 0 Å². The number of para-hydroxylation sites is 1. The highest BCUT2D eigenvalue weighted by atomic mass is 16.2. The lowest BCUT2D eigenvalue weighted by molar-refractivity contribution is -0.110. The number of rotatable bonds is 5. The van der Waals surface area contributed by atoms with Gasteiger partial charge in [-0.15, -0.1) is 0 Å². The Hall–Kier alpha value is -1.77. The molecule has 0 radical (unpaired) electrons. The summed E-state index contributed by atoms with van der Waals surface area (Å²) in [5.41, 5.74) is 2.62. The number of carbonyl (C=O) groups excluding carboxylic acids is 1. The number of anilines is 1. The Labute approximate surface area is 102 Å². The van der Waals surface area contributed by atoms with Crippen molar-refractivity contribution in [2.45, 2.75) is 26.2 Å². The summed E-state index contributed by atoms with van der Waals surface area (Å²) in [4.78, 5) is 11.7. The summed E-state index contributed by atoms with van der Waals surface area (Å²) in [6.07, 6.45) is 5.40. The smallest absolute Gasteiger partial charge is 0.257 e. The summed E-state index contributed by atoms with van der Waals surface area (Å²) in [5, 5.41) is 6.06. The van der Waals surface area contributed by atoms with Gasteiger partial charge in [-0.2, -0.15) is 0 Å². The molecule has 0 saturated heterocycles. The Kier molecular flexibility index (Phi) is 3.81. The third-order valence-electron chi connectivity index (χ3n) is 2.88. The first-order valence-corrected chi connectivity index (χ1v) is 6.17. The third-order valence-corrected chi connectivity index (χ3v) is 2.88. The molecule has 17 heavy (non-hydrogen) atoms. The molecule has 1 amide bonds. The van der Waals surface area contributed by atoms with E-state index in [2.05, 4.69) is 17.6 Å². The first-order chi connectivity index (χ1) is 8.33. The lowest BCUT2D eigenvalue weighted by Gasteiger charge is -2.01. The Morgan fingerprint density at radius 3 is 2.94 bits per heavy atom. The van der Waals surface area contributed by atoms with Crippen molar-refractivity contribution in [3.05, 3.63) is 36.0 Å². The minimum Gasteiger partial charge on any atom is -0.390 e. The summed E-state index contributed by atoms with van der Waals surface area (Å²) >= 11 is 0. The molecule has 1 aliphatic heterocycles. The molecule has 90 valence electrons. The molecular weight excluding hydrogens is 212 g/mol. The molecule has 0 unspecified atom stereocenters. The molecule has 2 rings (SSSR count). The average molecular weight is 230 g/mol. The molecule has 1 heterocycles. The first kappa shape index (κ1) is 11.7. The monoisotopic (exact) mass is 230 g/mol. The van der Waals surface area contributed by atoms with E-state index in [-0.39, 0.29) is 5.91 Å². The average Bonchev–Trinajstić information content (AvgIpc) is 2.65. The van der Waals surface area contributed by atoms with Crippen LogP contribution in [0.15, 0.2) is 30.5 Å². The Balaban J connectivity index is 2.01. The normalized spacial score (nSPS) is 15.8. The number of unbranched alkanes of at least 4 members (excludes halogenated alkanes) is 2. The van der Waals surface area contributed by atoms with Crippen LogP contribution in [0.4, 0.5) is 5.69 Å². The molecule has 1 aromatic carbocycles. The highest BCUT2D eigenvalue weighted by Gasteiger charge is 2.22. The van der Waals surface area contributed by atoms with E-state index in [0.29, 0.717) is 0 Å². The maximum Gasteiger partial charge on any atom is 0.257 e. The van der Waals surface area contributed by atoms with Crippen LogP contribution in [0.2, 0.25) is 0 Å². The second-order valence-electron chi connectivity index (χ2n) is 4.22. The van der Waals surface area contributed by atoms with Gasteiger partial charge in [0.15, 0.2) is 0 Å². The van der Waals surface area contributed by atoms with Gasteiger partial charge in [-0.1, -0.05) is 38.0 Å². The van der Waals surface area contributed by atoms with Gasteiger partial charge in [0.1, 0.15) is 0 Å². The molecule has 0 atom stereocenters. The van der Waals surface area contributed by atoms with E-state index in [1.165, 1.54) is 12.8 Å². The van der Waals surface area contributed by atoms with Crippen LogP contribution in [0, 0.1) is 0 Å². The molecule has 3 heteroatoms. The number of benzene rings is 1. The van der Waals surface area contributed by atoms with Crippen LogP contribution >= 0.6 is 0 Å². The van der Waals surface area contributed by atoms with Crippen LogP contribution < -0.4 is 10.6 Å². The largest absolute Gasteiger partial charge is 0.390 e. The third kappa shape index (κ3) is 2.67. The zero-order chi connectivity index (χ0) is 12.1. The predicted octanol–water partition coefficient (Wildman–Crippen LogP) is 2.76. The maximum absolute atomic E-state index is 11.7. The molecule has 1 aromatic rings. The van der Waals surface area contributed by atoms with Gasteiger partial charge in [0.05, 0.1) is 5.57 Å². The van der Waals surface area contributed by atoms with Crippen molar-refractivity contribution in [3.63, 3.8) is 0 Å². The van der Waals surface area contributed by atoms with Gasteiger partial charge < -0.3 is 10.6 Å². The lowest BCUT2D eigenvalue weighted by Crippen LogP contribution is -2.11. The molecule has 0 aromatic heterocycles. The van der Waals surface area contributed by atoms with E-state index in [9.17, 15) is 4.79 Å². The van der Waals surface area contributed by atoms with Crippen molar-refractivity contribution in [2.24, 2.45) is 0 Å². The van der Waals surface area contributed by atoms with Crippen LogP contribution in [0.25, 0.3) is 5.57 Å². The number of hydrogen-bond donors (Lipinski definition) is 2. The molecule has 1 aliphatic rings. The highest BCUT2D eigenvalue weighted by molar-refractivity contribution is 6.31. The van der Waals surface area contributed by atoms with Crippen molar-refractivity contribution < 1.29 is 4.79 Å². The number of hydrogen-bond acceptors (Lipinski definition) is 2. The molecule has 0 fully saturated rings. The highest BCUT2D eigenvalue weighted by Crippen LogP contribution is 2.30. The molecule has 0 aliphatic carbocycles. The molecule has 2 N–H and O–H groups in total. The van der Waals surface area contributed by atoms with Crippen LogP contribution in [-0.2, 0) is 4.79 Å². The summed E-state index contributed by atoms with van der Waals surface area (Å²) in [7, 11) is 0. The van der Waals surface area contributed by atoms with Gasteiger partial charge in [0.25, 0.3) is 5.91 Å². The Morgan fingerprint density at radius 2 is 2.12 bits per heavy atom. The minimum absolute atomic E-state index is 0.0193. The number of amides is 1. The summed E-state index contributed by atoms with van der Waals surface area (Å²) in [6, 6.07) is 7.76. The fourth-order valence-corrected chi connectivity index (χ4v) is 1.93. The van der Waals surface area contributed by atoms with Gasteiger partial charge in [-0.25, -0.2) is 0 Å². The van der Waals surface area contributed by atoms with Crippen LogP contribution in [0.1, 0.15) is 31.7 Å². The van der Waals surface area contributed by atoms with Crippen molar-refractivity contribution in [3.8, 4) is 0 Å². The fraction of sp³-hybridized carbons (Fsp3) is 0.357. The van der Waals surface area contributed by atoms with E-state index in [1.54, 1.807) is 0 Å². The van der Waals surface area contributed by atoms with Crippen molar-refractivity contribution >= 4 is 17.2 Å². The Bertz CT molecular complexity index is 438. The molecule has 3 nitrogen and oxygen atoms in total. The SMILES string of the molecule is CCCCCNC=C1C(=O)Nc2ccccc21. The van der Waals surface area contributed by atoms with E-state index < -0.39 is 0 Å². The van der Waals surface area contributed by atoms with Crippen LogP contribution in [0.5, 0.6) is 0 Å². The van der Waals surface area contributed by atoms with E-state index in [4.69, 9.17) is 0 Å². The van der Waals surface area contributed by atoms with Crippen LogP contribution in [-0.4, -0.2) is 12.5 Å². The second kappa shape index (κ2) is 5.53. The Morgan fingerprint density at radius 1 is 1.29 bits per heavy atom. The quantitative estimate of drug-likeness (QED) is 0.603. The zero-order valence-electron chi connectivity index (χ0n) is 10.1. The van der Waals surface area contributed by atoms with E-state index >= 15 is 0 Å². The van der Waals surface area contributed by atoms with Gasteiger partial charge >= 0.3 is 0 Å². The van der Waals surface area contributed by atoms with Gasteiger partial charge in [0, 0.05) is 24.0 Å². The molecule has 0 saturated carbocycles. The molecule has 0 spiro atoms. The van der Waals surface area contributed by atoms with Crippen LogP contribution in [0.3, 0.4) is 0 Å². The summed E-state index contributed by atoms with van der Waals surface area (Å²) in [6.45, 7) is 3.10. The second-order valence-corrected chi connectivity index (χ2v) is 4.22. The first-order valence-electron chi connectivity index (χ1n) is 6.17. The summed E-state index contributed by atoms with van der Waals surface area (Å²) < 4.78 is 0. The topological polar surface area (TPSA) is 41.1 Å². The van der Waals surface area contributed by atoms with Gasteiger partial charge in [-0.3, -0.25) is 4.79 Å². The number of carbonyl (C=O) groups is 1. The summed E-state index contributed by atoms with van der Waals surface area (Å²) in [5.74, 6) is -0.0193.